The lowest BCUT2D eigenvalue weighted by molar-refractivity contribution is 0.203. The van der Waals surface area contributed by atoms with Crippen molar-refractivity contribution in [3.63, 3.8) is 0 Å². The van der Waals surface area contributed by atoms with Crippen LogP contribution in [-0.4, -0.2) is 9.13 Å². The average molecular weight is 722 g/mol. The largest absolute Gasteiger partial charge is 0.307 e. The van der Waals surface area contributed by atoms with E-state index in [-0.39, 0.29) is 18.5 Å². The van der Waals surface area contributed by atoms with E-state index in [0.717, 1.165) is 11.4 Å². The first-order chi connectivity index (χ1) is 27.8. The van der Waals surface area contributed by atoms with E-state index in [1.54, 1.807) is 0 Å². The number of aromatic nitrogens is 2. The van der Waals surface area contributed by atoms with Crippen LogP contribution in [-0.2, 0) is 0 Å². The van der Waals surface area contributed by atoms with Crippen molar-refractivity contribution in [2.75, 3.05) is 0 Å². The smallest absolute Gasteiger partial charge is 0.0885 e. The van der Waals surface area contributed by atoms with Crippen molar-refractivity contribution in [2.24, 2.45) is 0 Å². The van der Waals surface area contributed by atoms with Gasteiger partial charge in [-0.05, 0) is 52.6 Å². The Morgan fingerprint density at radius 2 is 0.768 bits per heavy atom. The zero-order chi connectivity index (χ0) is 37.0. The number of nitrogens with zero attached hydrogens (tertiary/aromatic N) is 2. The molecule has 8 aromatic carbocycles. The van der Waals surface area contributed by atoms with Gasteiger partial charge in [0.05, 0.1) is 46.3 Å². The van der Waals surface area contributed by atoms with Crippen LogP contribution in [0, 0.1) is 0 Å². The fourth-order valence-electron chi connectivity index (χ4n) is 8.89. The highest BCUT2D eigenvalue weighted by atomic mass is 15.4. The molecule has 0 bridgehead atoms. The zero-order valence-corrected chi connectivity index (χ0v) is 30.7. The molecule has 3 heterocycles. The van der Waals surface area contributed by atoms with Gasteiger partial charge in [-0.15, -0.1) is 0 Å². The van der Waals surface area contributed by atoms with E-state index in [4.69, 9.17) is 0 Å². The summed E-state index contributed by atoms with van der Waals surface area (Å²) in [5, 5.41) is 16.7. The highest BCUT2D eigenvalue weighted by Gasteiger charge is 2.32. The van der Waals surface area contributed by atoms with Crippen LogP contribution in [0.3, 0.4) is 0 Å². The molecule has 1 saturated heterocycles. The number of para-hydroxylation sites is 3. The Morgan fingerprint density at radius 3 is 1.38 bits per heavy atom. The van der Waals surface area contributed by atoms with E-state index >= 15 is 0 Å². The Kier molecular flexibility index (Phi) is 7.88. The van der Waals surface area contributed by atoms with Crippen LogP contribution in [0.2, 0.25) is 0 Å². The van der Waals surface area contributed by atoms with Gasteiger partial charge in [0, 0.05) is 32.8 Å². The summed E-state index contributed by atoms with van der Waals surface area (Å²) in [6, 6.07) is 72.2. The highest BCUT2D eigenvalue weighted by Crippen LogP contribution is 2.43. The third-order valence-corrected chi connectivity index (χ3v) is 11.5. The second-order valence-corrected chi connectivity index (χ2v) is 14.7. The Morgan fingerprint density at radius 1 is 0.321 bits per heavy atom. The number of benzene rings is 8. The Labute approximate surface area is 325 Å². The summed E-state index contributed by atoms with van der Waals surface area (Å²) in [6.07, 6.45) is -0.325. The highest BCUT2D eigenvalue weighted by molar-refractivity contribution is 6.23. The minimum Gasteiger partial charge on any atom is -0.307 e. The fourth-order valence-corrected chi connectivity index (χ4v) is 8.89. The Balaban J connectivity index is 1.16. The second-order valence-electron chi connectivity index (χ2n) is 14.7. The molecule has 0 saturated carbocycles. The van der Waals surface area contributed by atoms with Crippen LogP contribution in [0.25, 0.3) is 66.1 Å². The van der Waals surface area contributed by atoms with E-state index in [1.807, 2.05) is 0 Å². The van der Waals surface area contributed by atoms with E-state index in [2.05, 4.69) is 225 Å². The van der Waals surface area contributed by atoms with Gasteiger partial charge in [0.1, 0.15) is 0 Å². The lowest BCUT2D eigenvalue weighted by atomic mass is 10.0. The molecule has 0 aliphatic carbocycles. The first-order valence-corrected chi connectivity index (χ1v) is 19.4. The predicted octanol–water partition coefficient (Wildman–Crippen LogP) is 11.7. The average Bonchev–Trinajstić information content (AvgIpc) is 3.80. The van der Waals surface area contributed by atoms with Gasteiger partial charge in [-0.2, -0.15) is 0 Å². The van der Waals surface area contributed by atoms with Crippen LogP contribution >= 0.6 is 0 Å². The van der Waals surface area contributed by atoms with E-state index < -0.39 is 0 Å². The summed E-state index contributed by atoms with van der Waals surface area (Å²) in [7, 11) is 0. The maximum Gasteiger partial charge on any atom is 0.0885 e. The van der Waals surface area contributed by atoms with Crippen LogP contribution in [0.1, 0.15) is 35.2 Å². The Hall–Kier alpha value is -6.76. The van der Waals surface area contributed by atoms with Crippen molar-refractivity contribution in [3.8, 4) is 22.5 Å². The summed E-state index contributed by atoms with van der Waals surface area (Å²) in [4.78, 5) is 0. The van der Waals surface area contributed by atoms with Crippen molar-refractivity contribution < 1.29 is 0 Å². The number of rotatable bonds is 6. The quantitative estimate of drug-likeness (QED) is 0.160. The molecule has 5 nitrogen and oxygen atoms in total. The molecular formula is C51H39N5. The molecule has 1 fully saturated rings. The minimum atomic E-state index is -0.172. The zero-order valence-electron chi connectivity index (χ0n) is 30.7. The maximum atomic E-state index is 3.96. The molecule has 3 N–H and O–H groups in total. The third-order valence-electron chi connectivity index (χ3n) is 11.5. The molecule has 1 aliphatic rings. The first kappa shape index (κ1) is 32.7. The van der Waals surface area contributed by atoms with Crippen molar-refractivity contribution in [1.29, 1.82) is 0 Å². The molecule has 0 radical (unpaired) electrons. The molecular weight excluding hydrogens is 683 g/mol. The molecule has 5 heteroatoms. The van der Waals surface area contributed by atoms with E-state index in [1.165, 1.54) is 71.4 Å². The standard InChI is InChI=1S/C51H39N5/c1-4-16-34(17-5-1)35-28-30-38(31-29-35)55-44-25-13-10-22-39(44)41-32-33-42-40-23-11-14-26-45(40)56(48(42)47(41)55)46-27-15-12-24-43(46)51-53-49(36-18-6-2-7-19-36)52-50(54-51)37-20-8-3-9-21-37/h1-33,49-54H. The first-order valence-electron chi connectivity index (χ1n) is 19.4. The number of hydrogen-bond donors (Lipinski definition) is 3. The van der Waals surface area contributed by atoms with Gasteiger partial charge < -0.3 is 9.13 Å². The van der Waals surface area contributed by atoms with Crippen molar-refractivity contribution in [3.05, 3.63) is 217 Å². The lowest BCUT2D eigenvalue weighted by Gasteiger charge is -2.40. The lowest BCUT2D eigenvalue weighted by Crippen LogP contribution is -2.54. The van der Waals surface area contributed by atoms with Crippen LogP contribution in [0.15, 0.2) is 200 Å². The van der Waals surface area contributed by atoms with Gasteiger partial charge in [-0.25, -0.2) is 0 Å². The molecule has 0 spiro atoms. The monoisotopic (exact) mass is 721 g/mol. The molecule has 1 aliphatic heterocycles. The van der Waals surface area contributed by atoms with Crippen molar-refractivity contribution >= 4 is 43.6 Å². The van der Waals surface area contributed by atoms with E-state index in [0.29, 0.717) is 0 Å². The summed E-state index contributed by atoms with van der Waals surface area (Å²) < 4.78 is 4.98. The van der Waals surface area contributed by atoms with Crippen LogP contribution in [0.5, 0.6) is 0 Å². The van der Waals surface area contributed by atoms with Gasteiger partial charge in [0.2, 0.25) is 0 Å². The maximum absolute atomic E-state index is 3.96. The van der Waals surface area contributed by atoms with Gasteiger partial charge in [-0.1, -0.05) is 170 Å². The SMILES string of the molecule is c1ccc(-c2ccc(-n3c4ccccc4c4ccc5c6ccccc6n(-c6ccccc6C6NC(c7ccccc7)NC(c7ccccc7)N6)c5c43)cc2)cc1. The van der Waals surface area contributed by atoms with Gasteiger partial charge in [0.25, 0.3) is 0 Å². The van der Waals surface area contributed by atoms with Gasteiger partial charge in [0.15, 0.2) is 0 Å². The summed E-state index contributed by atoms with van der Waals surface area (Å²) >= 11 is 0. The molecule has 2 unspecified atom stereocenters. The summed E-state index contributed by atoms with van der Waals surface area (Å²) in [5.74, 6) is 0. The van der Waals surface area contributed by atoms with E-state index in [9.17, 15) is 0 Å². The Bertz CT molecular complexity index is 2950. The predicted molar refractivity (Wildman–Crippen MR) is 231 cm³/mol. The van der Waals surface area contributed by atoms with Gasteiger partial charge >= 0.3 is 0 Å². The molecule has 2 aromatic heterocycles. The van der Waals surface area contributed by atoms with Gasteiger partial charge in [-0.3, -0.25) is 16.0 Å². The molecule has 2 atom stereocenters. The van der Waals surface area contributed by atoms with Crippen molar-refractivity contribution in [2.45, 2.75) is 18.5 Å². The molecule has 11 rings (SSSR count). The summed E-state index contributed by atoms with van der Waals surface area (Å²) in [6.45, 7) is 0. The molecule has 10 aromatic rings. The third kappa shape index (κ3) is 5.36. The molecule has 268 valence electrons. The number of fused-ring (bicyclic) bond motifs is 7. The minimum absolute atomic E-state index is 0.0769. The molecule has 0 amide bonds. The van der Waals surface area contributed by atoms with Crippen LogP contribution in [0.4, 0.5) is 0 Å². The topological polar surface area (TPSA) is 46.0 Å². The fraction of sp³-hybridized carbons (Fsp3) is 0.0588. The normalized spacial score (nSPS) is 17.2. The second kappa shape index (κ2) is 13.5. The molecule has 56 heavy (non-hydrogen) atoms. The number of nitrogens with one attached hydrogen (secondary N) is 3. The van der Waals surface area contributed by atoms with Crippen LogP contribution < -0.4 is 16.0 Å². The summed E-state index contributed by atoms with van der Waals surface area (Å²) in [5.41, 5.74) is 13.0. The van der Waals surface area contributed by atoms with Crippen molar-refractivity contribution in [1.82, 2.24) is 25.1 Å². The number of hydrogen-bond acceptors (Lipinski definition) is 3.